The Morgan fingerprint density at radius 1 is 0.957 bits per heavy atom. The molecule has 120 valence electrons. The van der Waals surface area contributed by atoms with Crippen LogP contribution < -0.4 is 5.19 Å². The number of hydrogen-bond donors (Lipinski definition) is 2. The molecule has 23 heavy (non-hydrogen) atoms. The fourth-order valence-corrected chi connectivity index (χ4v) is 3.88. The van der Waals surface area contributed by atoms with Gasteiger partial charge in [0.1, 0.15) is 0 Å². The molecule has 2 rings (SSSR count). The Bertz CT molecular complexity index is 694. The molecule has 0 amide bonds. The molecule has 0 atom stereocenters. The zero-order valence-corrected chi connectivity index (χ0v) is 15.1. The van der Waals surface area contributed by atoms with Crippen LogP contribution in [0.5, 0.6) is 0 Å². The summed E-state index contributed by atoms with van der Waals surface area (Å²) in [5.41, 5.74) is 4.41. The second-order valence-corrected chi connectivity index (χ2v) is 11.9. The minimum absolute atomic E-state index is 0.0785. The summed E-state index contributed by atoms with van der Waals surface area (Å²) in [5.74, 6) is 2.57. The van der Waals surface area contributed by atoms with Crippen LogP contribution in [0.25, 0.3) is 0 Å². The Labute approximate surface area is 139 Å². The summed E-state index contributed by atoms with van der Waals surface area (Å²) >= 11 is 0. The minimum atomic E-state index is -1.30. The van der Waals surface area contributed by atoms with Gasteiger partial charge < -0.3 is 10.2 Å². The van der Waals surface area contributed by atoms with Crippen molar-refractivity contribution in [3.63, 3.8) is 0 Å². The van der Waals surface area contributed by atoms with Crippen molar-refractivity contribution >= 4 is 13.3 Å². The quantitative estimate of drug-likeness (QED) is 0.656. The lowest BCUT2D eigenvalue weighted by atomic mass is 9.93. The first-order valence-electron chi connectivity index (χ1n) is 7.81. The molecule has 0 bridgehead atoms. The lowest BCUT2D eigenvalue weighted by molar-refractivity contribution is 0.273. The molecule has 0 aromatic heterocycles. The van der Waals surface area contributed by atoms with E-state index in [0.29, 0.717) is 12.0 Å². The summed E-state index contributed by atoms with van der Waals surface area (Å²) in [6, 6.07) is 12.3. The maximum atomic E-state index is 9.64. The molecule has 0 aliphatic rings. The second-order valence-electron chi connectivity index (χ2n) is 6.86. The van der Waals surface area contributed by atoms with Crippen LogP contribution >= 0.6 is 0 Å². The molecule has 2 nitrogen and oxygen atoms in total. The van der Waals surface area contributed by atoms with Crippen molar-refractivity contribution in [2.24, 2.45) is 0 Å². The van der Waals surface area contributed by atoms with Crippen LogP contribution in [0.3, 0.4) is 0 Å². The van der Waals surface area contributed by atoms with Crippen molar-refractivity contribution in [1.29, 1.82) is 0 Å². The fraction of sp³-hybridized carbons (Fsp3) is 0.300. The van der Waals surface area contributed by atoms with Gasteiger partial charge in [-0.2, -0.15) is 0 Å². The maximum Gasteiger partial charge on any atom is 0.0775 e. The first-order chi connectivity index (χ1) is 10.9. The summed E-state index contributed by atoms with van der Waals surface area (Å²) < 4.78 is 0. The SMILES string of the molecule is C#Cc1cc(CO)c(Cc2ccc([Si](C)(C)C)cc2)c(CO)c1. The summed E-state index contributed by atoms with van der Waals surface area (Å²) in [4.78, 5) is 0. The molecule has 2 aromatic rings. The average Bonchev–Trinajstić information content (AvgIpc) is 2.54. The van der Waals surface area contributed by atoms with Crippen molar-refractivity contribution in [3.8, 4) is 12.3 Å². The molecule has 0 saturated carbocycles. The monoisotopic (exact) mass is 324 g/mol. The number of terminal acetylenes is 1. The third-order valence-electron chi connectivity index (χ3n) is 4.14. The highest BCUT2D eigenvalue weighted by Gasteiger charge is 2.16. The van der Waals surface area contributed by atoms with E-state index in [4.69, 9.17) is 6.42 Å². The van der Waals surface area contributed by atoms with Crippen molar-refractivity contribution in [3.05, 3.63) is 64.2 Å². The molecule has 0 aliphatic heterocycles. The molecule has 2 aromatic carbocycles. The number of hydrogen-bond acceptors (Lipinski definition) is 2. The molecule has 0 aliphatic carbocycles. The molecular weight excluding hydrogens is 300 g/mol. The zero-order chi connectivity index (χ0) is 17.0. The summed E-state index contributed by atoms with van der Waals surface area (Å²) in [6.07, 6.45) is 6.13. The van der Waals surface area contributed by atoms with Gasteiger partial charge in [-0.3, -0.25) is 0 Å². The summed E-state index contributed by atoms with van der Waals surface area (Å²) in [5, 5.41) is 20.7. The van der Waals surface area contributed by atoms with Crippen LogP contribution in [-0.4, -0.2) is 18.3 Å². The van der Waals surface area contributed by atoms with E-state index in [1.54, 1.807) is 0 Å². The van der Waals surface area contributed by atoms with Crippen LogP contribution in [0.1, 0.15) is 27.8 Å². The van der Waals surface area contributed by atoms with Gasteiger partial charge in [0.15, 0.2) is 0 Å². The van der Waals surface area contributed by atoms with E-state index >= 15 is 0 Å². The predicted octanol–water partition coefficient (Wildman–Crippen LogP) is 2.79. The molecule has 0 heterocycles. The van der Waals surface area contributed by atoms with Crippen LogP contribution in [0.15, 0.2) is 36.4 Å². The third kappa shape index (κ3) is 4.11. The molecule has 2 N–H and O–H groups in total. The average molecular weight is 324 g/mol. The van der Waals surface area contributed by atoms with E-state index in [1.807, 2.05) is 12.1 Å². The van der Waals surface area contributed by atoms with Crippen LogP contribution in [0, 0.1) is 12.3 Å². The largest absolute Gasteiger partial charge is 0.392 e. The van der Waals surface area contributed by atoms with Gasteiger partial charge in [-0.05, 0) is 40.8 Å². The number of aliphatic hydroxyl groups is 2. The topological polar surface area (TPSA) is 40.5 Å². The fourth-order valence-electron chi connectivity index (χ4n) is 2.72. The lowest BCUT2D eigenvalue weighted by Gasteiger charge is -2.18. The normalized spacial score (nSPS) is 11.3. The first-order valence-corrected chi connectivity index (χ1v) is 11.3. The van der Waals surface area contributed by atoms with E-state index in [9.17, 15) is 10.2 Å². The van der Waals surface area contributed by atoms with Gasteiger partial charge in [0.25, 0.3) is 0 Å². The van der Waals surface area contributed by atoms with E-state index in [0.717, 1.165) is 16.7 Å². The molecule has 0 radical (unpaired) electrons. The van der Waals surface area contributed by atoms with Crippen molar-refractivity contribution in [2.45, 2.75) is 39.3 Å². The van der Waals surface area contributed by atoms with Crippen LogP contribution in [-0.2, 0) is 19.6 Å². The second kappa shape index (κ2) is 7.14. The Morgan fingerprint density at radius 3 is 1.87 bits per heavy atom. The Balaban J connectivity index is 2.38. The molecule has 0 saturated heterocycles. The highest BCUT2D eigenvalue weighted by atomic mass is 28.3. The number of aliphatic hydroxyl groups excluding tert-OH is 2. The molecule has 3 heteroatoms. The number of rotatable bonds is 5. The Hall–Kier alpha value is -1.86. The van der Waals surface area contributed by atoms with Gasteiger partial charge in [0, 0.05) is 5.56 Å². The molecule has 0 fully saturated rings. The van der Waals surface area contributed by atoms with Crippen LogP contribution in [0.2, 0.25) is 19.6 Å². The van der Waals surface area contributed by atoms with Gasteiger partial charge in [-0.25, -0.2) is 0 Å². The standard InChI is InChI=1S/C20H24O2Si/c1-5-15-10-17(13-21)20(18(11-15)14-22)12-16-6-8-19(9-7-16)23(2,3)4/h1,6-11,21-22H,12-14H2,2-4H3. The van der Waals surface area contributed by atoms with Gasteiger partial charge >= 0.3 is 0 Å². The highest BCUT2D eigenvalue weighted by Crippen LogP contribution is 2.22. The Morgan fingerprint density at radius 2 is 1.48 bits per heavy atom. The smallest absolute Gasteiger partial charge is 0.0775 e. The van der Waals surface area contributed by atoms with Gasteiger partial charge in [-0.15, -0.1) is 6.42 Å². The summed E-state index contributed by atoms with van der Waals surface area (Å²) in [6.45, 7) is 6.83. The molecule has 0 unspecified atom stereocenters. The first kappa shape index (κ1) is 17.5. The maximum absolute atomic E-state index is 9.64. The van der Waals surface area contributed by atoms with E-state index in [2.05, 4.69) is 49.8 Å². The van der Waals surface area contributed by atoms with Gasteiger partial charge in [0.2, 0.25) is 0 Å². The van der Waals surface area contributed by atoms with Crippen molar-refractivity contribution in [1.82, 2.24) is 0 Å². The summed E-state index contributed by atoms with van der Waals surface area (Å²) in [7, 11) is -1.30. The van der Waals surface area contributed by atoms with Gasteiger partial charge in [-0.1, -0.05) is 55.0 Å². The Kier molecular flexibility index (Phi) is 5.43. The van der Waals surface area contributed by atoms with Crippen molar-refractivity contribution in [2.75, 3.05) is 0 Å². The van der Waals surface area contributed by atoms with Gasteiger partial charge in [0.05, 0.1) is 21.3 Å². The van der Waals surface area contributed by atoms with Crippen molar-refractivity contribution < 1.29 is 10.2 Å². The lowest BCUT2D eigenvalue weighted by Crippen LogP contribution is -2.37. The number of benzene rings is 2. The minimum Gasteiger partial charge on any atom is -0.392 e. The van der Waals surface area contributed by atoms with E-state index in [1.165, 1.54) is 10.8 Å². The molecular formula is C20H24O2Si. The van der Waals surface area contributed by atoms with E-state index < -0.39 is 8.07 Å². The third-order valence-corrected chi connectivity index (χ3v) is 6.21. The zero-order valence-electron chi connectivity index (χ0n) is 14.1. The molecule has 0 spiro atoms. The highest BCUT2D eigenvalue weighted by molar-refractivity contribution is 6.88. The van der Waals surface area contributed by atoms with Crippen LogP contribution in [0.4, 0.5) is 0 Å². The van der Waals surface area contributed by atoms with E-state index in [-0.39, 0.29) is 13.2 Å². The predicted molar refractivity (Wildman–Crippen MR) is 98.5 cm³/mol.